The average molecular weight is 336 g/mol. The maximum Gasteiger partial charge on any atom is 0.0767 e. The van der Waals surface area contributed by atoms with Gasteiger partial charge in [0.15, 0.2) is 0 Å². The lowest BCUT2D eigenvalue weighted by Gasteiger charge is -2.17. The fourth-order valence-electron chi connectivity index (χ4n) is 2.31. The van der Waals surface area contributed by atoms with E-state index in [-0.39, 0.29) is 0 Å². The number of hydrogen-bond acceptors (Lipinski definition) is 2. The molecule has 0 aliphatic carbocycles. The highest BCUT2D eigenvalue weighted by Crippen LogP contribution is 2.23. The summed E-state index contributed by atoms with van der Waals surface area (Å²) in [5.74, 6) is 0. The topological polar surface area (TPSA) is 21.1 Å². The van der Waals surface area contributed by atoms with Gasteiger partial charge in [-0.25, -0.2) is 0 Å². The Kier molecular flexibility index (Phi) is 5.00. The molecule has 1 aromatic heterocycles. The Morgan fingerprint density at radius 1 is 1.20 bits per heavy atom. The second-order valence-corrected chi connectivity index (χ2v) is 6.14. The Labute approximate surface area is 129 Å². The number of hydrogen-bond donors (Lipinski definition) is 0. The highest BCUT2D eigenvalue weighted by Gasteiger charge is 2.14. The van der Waals surface area contributed by atoms with E-state index in [1.54, 1.807) is 0 Å². The van der Waals surface area contributed by atoms with Crippen LogP contribution in [0.2, 0.25) is 0 Å². The van der Waals surface area contributed by atoms with Gasteiger partial charge in [-0.2, -0.15) is 5.10 Å². The minimum absolute atomic E-state index is 0.887. The molecule has 2 aromatic rings. The van der Waals surface area contributed by atoms with Gasteiger partial charge in [0.05, 0.1) is 15.9 Å². The van der Waals surface area contributed by atoms with Crippen molar-refractivity contribution < 1.29 is 0 Å². The Morgan fingerprint density at radius 2 is 1.85 bits per heavy atom. The minimum atomic E-state index is 0.887. The molecule has 0 unspecified atom stereocenters. The third-order valence-electron chi connectivity index (χ3n) is 3.50. The molecular weight excluding hydrogens is 314 g/mol. The lowest BCUT2D eigenvalue weighted by atomic mass is 10.1. The van der Waals surface area contributed by atoms with Crippen molar-refractivity contribution in [2.75, 3.05) is 7.05 Å². The van der Waals surface area contributed by atoms with E-state index < -0.39 is 0 Å². The molecule has 0 radical (unpaired) electrons. The molecule has 0 atom stereocenters. The molecular formula is C16H22BrN3. The van der Waals surface area contributed by atoms with Crippen LogP contribution in [-0.2, 0) is 26.6 Å². The predicted octanol–water partition coefficient (Wildman–Crippen LogP) is 3.69. The quantitative estimate of drug-likeness (QED) is 0.830. The molecule has 0 N–H and O–H groups in total. The Balaban J connectivity index is 2.06. The first-order chi connectivity index (χ1) is 9.51. The third-order valence-corrected chi connectivity index (χ3v) is 4.41. The van der Waals surface area contributed by atoms with Crippen LogP contribution in [0.3, 0.4) is 0 Å². The van der Waals surface area contributed by atoms with E-state index in [1.807, 2.05) is 11.7 Å². The van der Waals surface area contributed by atoms with Gasteiger partial charge in [0, 0.05) is 20.1 Å². The number of benzene rings is 1. The summed E-state index contributed by atoms with van der Waals surface area (Å²) in [6, 6.07) is 8.72. The van der Waals surface area contributed by atoms with Crippen LogP contribution in [-0.4, -0.2) is 21.7 Å². The Hall–Kier alpha value is -1.13. The van der Waals surface area contributed by atoms with E-state index in [1.165, 1.54) is 16.8 Å². The van der Waals surface area contributed by atoms with Crippen LogP contribution in [0.4, 0.5) is 0 Å². The van der Waals surface area contributed by atoms with E-state index >= 15 is 0 Å². The fourth-order valence-corrected chi connectivity index (χ4v) is 3.05. The van der Waals surface area contributed by atoms with Crippen molar-refractivity contribution in [2.24, 2.45) is 7.05 Å². The lowest BCUT2D eigenvalue weighted by Crippen LogP contribution is -2.19. The van der Waals surface area contributed by atoms with Crippen LogP contribution < -0.4 is 0 Å². The number of nitrogens with zero attached hydrogens (tertiary/aromatic N) is 3. The molecule has 0 spiro atoms. The van der Waals surface area contributed by atoms with Gasteiger partial charge < -0.3 is 0 Å². The smallest absolute Gasteiger partial charge is 0.0767 e. The first-order valence-corrected chi connectivity index (χ1v) is 7.75. The van der Waals surface area contributed by atoms with Crippen molar-refractivity contribution in [3.8, 4) is 0 Å². The van der Waals surface area contributed by atoms with Gasteiger partial charge in [0.1, 0.15) is 0 Å². The summed E-state index contributed by atoms with van der Waals surface area (Å²) in [5.41, 5.74) is 5.01. The van der Waals surface area contributed by atoms with Crippen molar-refractivity contribution in [2.45, 2.75) is 33.4 Å². The van der Waals surface area contributed by atoms with Crippen molar-refractivity contribution in [3.63, 3.8) is 0 Å². The monoisotopic (exact) mass is 335 g/mol. The molecule has 108 valence electrons. The number of aryl methyl sites for hydroxylation is 3. The first-order valence-electron chi connectivity index (χ1n) is 6.95. The van der Waals surface area contributed by atoms with Crippen LogP contribution in [0.1, 0.15) is 29.4 Å². The standard InChI is InChI=1S/C16H22BrN3/c1-5-14-16(17)15(20(4)18-14)11-19(3)10-13-8-6-12(2)7-9-13/h6-9H,5,10-11H2,1-4H3. The summed E-state index contributed by atoms with van der Waals surface area (Å²) in [7, 11) is 4.16. The molecule has 1 aromatic carbocycles. The second kappa shape index (κ2) is 6.55. The minimum Gasteiger partial charge on any atom is -0.296 e. The van der Waals surface area contributed by atoms with E-state index in [0.717, 1.165) is 29.7 Å². The normalized spacial score (nSPS) is 11.3. The zero-order chi connectivity index (χ0) is 14.7. The molecule has 0 aliphatic heterocycles. The predicted molar refractivity (Wildman–Crippen MR) is 86.6 cm³/mol. The third kappa shape index (κ3) is 3.49. The van der Waals surface area contributed by atoms with E-state index in [4.69, 9.17) is 0 Å². The van der Waals surface area contributed by atoms with Gasteiger partial charge in [-0.1, -0.05) is 36.8 Å². The molecule has 1 heterocycles. The van der Waals surface area contributed by atoms with Gasteiger partial charge in [0.25, 0.3) is 0 Å². The average Bonchev–Trinajstić information content (AvgIpc) is 2.69. The fraction of sp³-hybridized carbons (Fsp3) is 0.438. The van der Waals surface area contributed by atoms with Crippen LogP contribution in [0.25, 0.3) is 0 Å². The molecule has 0 aliphatic rings. The molecule has 4 heteroatoms. The SMILES string of the molecule is CCc1nn(C)c(CN(C)Cc2ccc(C)cc2)c1Br. The van der Waals surface area contributed by atoms with Gasteiger partial charge in [-0.15, -0.1) is 0 Å². The van der Waals surface area contributed by atoms with Gasteiger partial charge in [-0.3, -0.25) is 9.58 Å². The summed E-state index contributed by atoms with van der Waals surface area (Å²) in [6.45, 7) is 6.08. The maximum atomic E-state index is 4.54. The molecule has 0 amide bonds. The molecule has 0 bridgehead atoms. The summed E-state index contributed by atoms with van der Waals surface area (Å²) in [6.07, 6.45) is 0.954. The molecule has 0 saturated heterocycles. The molecule has 20 heavy (non-hydrogen) atoms. The summed E-state index contributed by atoms with van der Waals surface area (Å²) in [4.78, 5) is 2.31. The largest absolute Gasteiger partial charge is 0.296 e. The van der Waals surface area contributed by atoms with Gasteiger partial charge in [-0.05, 0) is 41.9 Å². The van der Waals surface area contributed by atoms with E-state index in [0.29, 0.717) is 0 Å². The molecule has 0 fully saturated rings. The van der Waals surface area contributed by atoms with Crippen molar-refractivity contribution in [3.05, 3.63) is 51.3 Å². The van der Waals surface area contributed by atoms with Crippen molar-refractivity contribution >= 4 is 15.9 Å². The van der Waals surface area contributed by atoms with Crippen LogP contribution in [0.5, 0.6) is 0 Å². The highest BCUT2D eigenvalue weighted by atomic mass is 79.9. The van der Waals surface area contributed by atoms with Crippen molar-refractivity contribution in [1.29, 1.82) is 0 Å². The summed E-state index contributed by atoms with van der Waals surface area (Å²) < 4.78 is 3.13. The second-order valence-electron chi connectivity index (χ2n) is 5.34. The highest BCUT2D eigenvalue weighted by molar-refractivity contribution is 9.10. The Morgan fingerprint density at radius 3 is 2.40 bits per heavy atom. The maximum absolute atomic E-state index is 4.54. The zero-order valence-electron chi connectivity index (χ0n) is 12.7. The van der Waals surface area contributed by atoms with E-state index in [2.05, 4.69) is 71.1 Å². The Bertz CT molecular complexity index is 572. The van der Waals surface area contributed by atoms with Gasteiger partial charge >= 0.3 is 0 Å². The van der Waals surface area contributed by atoms with Crippen LogP contribution in [0.15, 0.2) is 28.7 Å². The summed E-state index contributed by atoms with van der Waals surface area (Å²) >= 11 is 3.68. The number of aromatic nitrogens is 2. The number of rotatable bonds is 5. The number of halogens is 1. The zero-order valence-corrected chi connectivity index (χ0v) is 14.2. The first kappa shape index (κ1) is 15.3. The molecule has 3 nitrogen and oxygen atoms in total. The summed E-state index contributed by atoms with van der Waals surface area (Å²) in [5, 5.41) is 4.54. The van der Waals surface area contributed by atoms with Crippen LogP contribution >= 0.6 is 15.9 Å². The van der Waals surface area contributed by atoms with E-state index in [9.17, 15) is 0 Å². The van der Waals surface area contributed by atoms with Gasteiger partial charge in [0.2, 0.25) is 0 Å². The lowest BCUT2D eigenvalue weighted by molar-refractivity contribution is 0.309. The molecule has 2 rings (SSSR count). The van der Waals surface area contributed by atoms with Crippen LogP contribution in [0, 0.1) is 6.92 Å². The van der Waals surface area contributed by atoms with Crippen molar-refractivity contribution in [1.82, 2.24) is 14.7 Å². The molecule has 0 saturated carbocycles.